The maximum atomic E-state index is 7.37. The molecule has 0 radical (unpaired) electrons. The largest absolute Gasteiger partial charge is 0.497 e. The molecule has 3 aliphatic rings. The van der Waals surface area contributed by atoms with Crippen LogP contribution in [0, 0.1) is 0 Å². The summed E-state index contributed by atoms with van der Waals surface area (Å²) in [5.41, 5.74) is 5.72. The van der Waals surface area contributed by atoms with Crippen LogP contribution in [0.2, 0.25) is 0 Å². The van der Waals surface area contributed by atoms with E-state index < -0.39 is 5.60 Å². The molecule has 3 nitrogen and oxygen atoms in total. The van der Waals surface area contributed by atoms with Crippen molar-refractivity contribution in [3.8, 4) is 17.2 Å². The van der Waals surface area contributed by atoms with E-state index in [0.29, 0.717) is 11.8 Å². The lowest BCUT2D eigenvalue weighted by Crippen LogP contribution is -2.34. The fourth-order valence-corrected chi connectivity index (χ4v) is 7.49. The minimum Gasteiger partial charge on any atom is -0.497 e. The highest BCUT2D eigenvalue weighted by molar-refractivity contribution is 6.13. The van der Waals surface area contributed by atoms with Crippen LogP contribution in [0.15, 0.2) is 91.0 Å². The van der Waals surface area contributed by atoms with E-state index in [2.05, 4.69) is 72.8 Å². The van der Waals surface area contributed by atoms with Crippen molar-refractivity contribution in [1.29, 1.82) is 0 Å². The minimum atomic E-state index is -0.782. The highest BCUT2D eigenvalue weighted by Gasteiger charge is 2.44. The zero-order chi connectivity index (χ0) is 26.1. The molecule has 192 valence electrons. The van der Waals surface area contributed by atoms with Gasteiger partial charge < -0.3 is 14.2 Å². The van der Waals surface area contributed by atoms with Gasteiger partial charge in [-0.15, -0.1) is 0 Å². The van der Waals surface area contributed by atoms with Gasteiger partial charge in [0.15, 0.2) is 5.60 Å². The van der Waals surface area contributed by atoms with Gasteiger partial charge in [-0.05, 0) is 94.8 Å². The molecular weight excluding hydrogens is 480 g/mol. The summed E-state index contributed by atoms with van der Waals surface area (Å²) in [5.74, 6) is 3.91. The molecule has 0 amide bonds. The van der Waals surface area contributed by atoms with Gasteiger partial charge in [-0.2, -0.15) is 0 Å². The monoisotopic (exact) mass is 510 g/mol. The molecule has 2 aliphatic carbocycles. The molecule has 5 aromatic carbocycles. The number of ether oxygens (including phenoxy) is 3. The van der Waals surface area contributed by atoms with E-state index in [0.717, 1.165) is 28.4 Å². The molecule has 2 unspecified atom stereocenters. The molecule has 0 saturated heterocycles. The Morgan fingerprint density at radius 3 is 2.00 bits per heavy atom. The van der Waals surface area contributed by atoms with E-state index in [1.54, 1.807) is 19.8 Å². The molecule has 5 aromatic rings. The molecule has 0 aromatic heterocycles. The van der Waals surface area contributed by atoms with E-state index in [1.807, 2.05) is 24.3 Å². The Hall–Kier alpha value is -4.24. The van der Waals surface area contributed by atoms with Crippen LogP contribution in [0.5, 0.6) is 17.2 Å². The van der Waals surface area contributed by atoms with Gasteiger partial charge in [-0.25, -0.2) is 0 Å². The van der Waals surface area contributed by atoms with Gasteiger partial charge in [0.2, 0.25) is 0 Å². The first-order chi connectivity index (χ1) is 19.2. The second-order valence-corrected chi connectivity index (χ2v) is 11.1. The van der Waals surface area contributed by atoms with Gasteiger partial charge in [0, 0.05) is 22.1 Å². The van der Waals surface area contributed by atoms with Crippen LogP contribution in [0.25, 0.3) is 27.6 Å². The molecular formula is C36H30O3. The van der Waals surface area contributed by atoms with Crippen LogP contribution < -0.4 is 14.2 Å². The SMILES string of the molecule is COc1ccc(C2(c3ccc(OC)cc3)C=Cc3c4c(c5c(ccc6ccccc65)c3O2)C2CCC4C2)cc1. The van der Waals surface area contributed by atoms with E-state index in [4.69, 9.17) is 14.2 Å². The number of fused-ring (bicyclic) bond motifs is 12. The zero-order valence-electron chi connectivity index (χ0n) is 22.2. The Morgan fingerprint density at radius 2 is 1.33 bits per heavy atom. The van der Waals surface area contributed by atoms with Gasteiger partial charge in [0.05, 0.1) is 14.2 Å². The number of methoxy groups -OCH3 is 2. The van der Waals surface area contributed by atoms with E-state index in [1.165, 1.54) is 51.9 Å². The second kappa shape index (κ2) is 8.38. The Bertz CT molecular complexity index is 1730. The summed E-state index contributed by atoms with van der Waals surface area (Å²) in [6, 6.07) is 29.9. The molecule has 8 rings (SSSR count). The first kappa shape index (κ1) is 22.7. The molecule has 39 heavy (non-hydrogen) atoms. The topological polar surface area (TPSA) is 27.7 Å². The molecule has 1 saturated carbocycles. The van der Waals surface area contributed by atoms with Crippen LogP contribution in [0.3, 0.4) is 0 Å². The number of hydrogen-bond acceptors (Lipinski definition) is 3. The molecule has 1 aliphatic heterocycles. The Kier molecular flexibility index (Phi) is 4.88. The highest BCUT2D eigenvalue weighted by atomic mass is 16.5. The van der Waals surface area contributed by atoms with Crippen LogP contribution in [0.1, 0.15) is 58.9 Å². The lowest BCUT2D eigenvalue weighted by Gasteiger charge is -2.38. The summed E-state index contributed by atoms with van der Waals surface area (Å²) in [5, 5.41) is 5.23. The van der Waals surface area contributed by atoms with Gasteiger partial charge >= 0.3 is 0 Å². The van der Waals surface area contributed by atoms with Crippen molar-refractivity contribution >= 4 is 27.6 Å². The van der Waals surface area contributed by atoms with Crippen molar-refractivity contribution in [1.82, 2.24) is 0 Å². The van der Waals surface area contributed by atoms with Crippen LogP contribution in [-0.4, -0.2) is 14.2 Å². The Morgan fingerprint density at radius 1 is 0.692 bits per heavy atom. The lowest BCUT2D eigenvalue weighted by atomic mass is 9.78. The highest BCUT2D eigenvalue weighted by Crippen LogP contribution is 2.61. The fraction of sp³-hybridized carbons (Fsp3) is 0.222. The van der Waals surface area contributed by atoms with Crippen molar-refractivity contribution in [3.05, 3.63) is 119 Å². The van der Waals surface area contributed by atoms with Gasteiger partial charge in [0.25, 0.3) is 0 Å². The third-order valence-electron chi connectivity index (χ3n) is 9.30. The summed E-state index contributed by atoms with van der Waals surface area (Å²) >= 11 is 0. The quantitative estimate of drug-likeness (QED) is 0.226. The maximum absolute atomic E-state index is 7.37. The third kappa shape index (κ3) is 3.16. The average Bonchev–Trinajstić information content (AvgIpc) is 3.63. The van der Waals surface area contributed by atoms with E-state index in [-0.39, 0.29) is 0 Å². The normalized spacial score (nSPS) is 20.1. The summed E-state index contributed by atoms with van der Waals surface area (Å²) in [6.45, 7) is 0. The summed E-state index contributed by atoms with van der Waals surface area (Å²) in [4.78, 5) is 0. The first-order valence-electron chi connectivity index (χ1n) is 13.9. The van der Waals surface area contributed by atoms with Gasteiger partial charge in [-0.3, -0.25) is 0 Å². The zero-order valence-corrected chi connectivity index (χ0v) is 22.2. The minimum absolute atomic E-state index is 0.616. The molecule has 0 spiro atoms. The van der Waals surface area contributed by atoms with Crippen molar-refractivity contribution in [2.24, 2.45) is 0 Å². The molecule has 0 N–H and O–H groups in total. The van der Waals surface area contributed by atoms with Crippen molar-refractivity contribution in [2.45, 2.75) is 36.7 Å². The van der Waals surface area contributed by atoms with Gasteiger partial charge in [0.1, 0.15) is 17.2 Å². The predicted octanol–water partition coefficient (Wildman–Crippen LogP) is 8.72. The van der Waals surface area contributed by atoms with Crippen molar-refractivity contribution in [2.75, 3.05) is 14.2 Å². The third-order valence-corrected chi connectivity index (χ3v) is 9.30. The molecule has 1 fully saturated rings. The second-order valence-electron chi connectivity index (χ2n) is 11.1. The van der Waals surface area contributed by atoms with Crippen LogP contribution in [-0.2, 0) is 5.60 Å². The molecule has 2 atom stereocenters. The van der Waals surface area contributed by atoms with E-state index in [9.17, 15) is 0 Å². The number of rotatable bonds is 4. The Labute approximate surface area is 228 Å². The lowest BCUT2D eigenvalue weighted by molar-refractivity contribution is 0.163. The van der Waals surface area contributed by atoms with Crippen LogP contribution >= 0.6 is 0 Å². The predicted molar refractivity (Wildman–Crippen MR) is 157 cm³/mol. The smallest absolute Gasteiger partial charge is 0.178 e. The van der Waals surface area contributed by atoms with Crippen molar-refractivity contribution < 1.29 is 14.2 Å². The Balaban J connectivity index is 1.42. The molecule has 3 heteroatoms. The summed E-state index contributed by atoms with van der Waals surface area (Å²) in [7, 11) is 3.40. The number of hydrogen-bond donors (Lipinski definition) is 0. The maximum Gasteiger partial charge on any atom is 0.178 e. The first-order valence-corrected chi connectivity index (χ1v) is 13.9. The average molecular weight is 511 g/mol. The molecule has 1 heterocycles. The number of benzene rings is 5. The van der Waals surface area contributed by atoms with Crippen molar-refractivity contribution in [3.63, 3.8) is 0 Å². The van der Waals surface area contributed by atoms with E-state index >= 15 is 0 Å². The molecule has 2 bridgehead atoms. The fourth-order valence-electron chi connectivity index (χ4n) is 7.49. The standard InChI is InChI=1S/C36H30O3/c1-37-27-14-10-25(11-15-27)36(26-12-16-28(38-2)17-13-26)20-19-31-32-23-7-8-24(21-23)33(32)34-29-6-4-3-5-22(29)9-18-30(34)35(31)39-36/h3-6,9-20,23-24H,7-8,21H2,1-2H3. The van der Waals surface area contributed by atoms with Crippen LogP contribution in [0.4, 0.5) is 0 Å². The summed E-state index contributed by atoms with van der Waals surface area (Å²) in [6.07, 6.45) is 8.44. The van der Waals surface area contributed by atoms with Gasteiger partial charge in [-0.1, -0.05) is 60.7 Å². The summed E-state index contributed by atoms with van der Waals surface area (Å²) < 4.78 is 18.3.